The number of pyridine rings is 2. The molecule has 2 aromatic rings. The van der Waals surface area contributed by atoms with Crippen molar-refractivity contribution in [2.24, 2.45) is 5.92 Å². The first kappa shape index (κ1) is 19.5. The maximum atomic E-state index is 5.79. The highest BCUT2D eigenvalue weighted by Crippen LogP contribution is 2.39. The number of thiol groups is 1. The van der Waals surface area contributed by atoms with Gasteiger partial charge < -0.3 is 10.1 Å². The molecule has 0 amide bonds. The molecule has 4 heterocycles. The largest absolute Gasteiger partial charge is 0.488 e. The number of likely N-dealkylation sites (tertiary alicyclic amines) is 1. The molecule has 0 radical (unpaired) electrons. The summed E-state index contributed by atoms with van der Waals surface area (Å²) in [6.45, 7) is 9.91. The van der Waals surface area contributed by atoms with Crippen LogP contribution in [0.4, 0.5) is 5.82 Å². The molecule has 6 heteroatoms. The molecule has 0 saturated carbocycles. The van der Waals surface area contributed by atoms with Crippen LogP contribution in [0, 0.1) is 19.8 Å². The van der Waals surface area contributed by atoms with E-state index < -0.39 is 0 Å². The minimum atomic E-state index is -0.369. The molecule has 1 N–H and O–H groups in total. The fraction of sp³-hybridized carbons (Fsp3) is 0.545. The first-order chi connectivity index (χ1) is 13.4. The van der Waals surface area contributed by atoms with Crippen molar-refractivity contribution in [3.63, 3.8) is 0 Å². The third kappa shape index (κ3) is 4.13. The lowest BCUT2D eigenvalue weighted by atomic mass is 9.89. The van der Waals surface area contributed by atoms with E-state index in [9.17, 15) is 0 Å². The molecule has 1 saturated heterocycles. The second-order valence-electron chi connectivity index (χ2n) is 8.28. The molecule has 5 nitrogen and oxygen atoms in total. The molecule has 0 spiro atoms. The monoisotopic (exact) mass is 398 g/mol. The first-order valence-corrected chi connectivity index (χ1v) is 10.7. The molecular weight excluding hydrogens is 368 g/mol. The third-order valence-corrected chi connectivity index (χ3v) is 6.39. The van der Waals surface area contributed by atoms with Crippen molar-refractivity contribution in [1.29, 1.82) is 0 Å². The SMILES string of the molecule is Cc1cc(C[C@H]2CCCN([C@@](C)(S)c3cnc4c(c3)OCCN4)C2)cc(C)n1. The van der Waals surface area contributed by atoms with Gasteiger partial charge in [-0.1, -0.05) is 0 Å². The average Bonchev–Trinajstić information content (AvgIpc) is 2.67. The van der Waals surface area contributed by atoms with Gasteiger partial charge in [0.15, 0.2) is 11.6 Å². The van der Waals surface area contributed by atoms with E-state index in [-0.39, 0.29) is 4.87 Å². The van der Waals surface area contributed by atoms with Crippen LogP contribution in [0.2, 0.25) is 0 Å². The predicted octanol–water partition coefficient (Wildman–Crippen LogP) is 3.95. The number of hydrogen-bond acceptors (Lipinski definition) is 6. The molecule has 0 bridgehead atoms. The summed E-state index contributed by atoms with van der Waals surface area (Å²) < 4.78 is 5.79. The number of fused-ring (bicyclic) bond motifs is 1. The Kier molecular flexibility index (Phi) is 5.52. The number of aryl methyl sites for hydroxylation is 2. The van der Waals surface area contributed by atoms with Crippen molar-refractivity contribution >= 4 is 18.4 Å². The highest BCUT2D eigenvalue weighted by Gasteiger charge is 2.35. The normalized spacial score (nSPS) is 21.9. The van der Waals surface area contributed by atoms with Gasteiger partial charge in [-0.3, -0.25) is 9.88 Å². The van der Waals surface area contributed by atoms with Gasteiger partial charge in [-0.2, -0.15) is 12.6 Å². The second kappa shape index (κ2) is 7.91. The lowest BCUT2D eigenvalue weighted by Gasteiger charge is -2.43. The Morgan fingerprint density at radius 3 is 2.86 bits per heavy atom. The number of hydrogen-bond donors (Lipinski definition) is 2. The van der Waals surface area contributed by atoms with Crippen LogP contribution in [-0.4, -0.2) is 41.1 Å². The Labute approximate surface area is 173 Å². The van der Waals surface area contributed by atoms with Crippen LogP contribution in [0.3, 0.4) is 0 Å². The van der Waals surface area contributed by atoms with Gasteiger partial charge in [0, 0.05) is 29.7 Å². The summed E-state index contributed by atoms with van der Waals surface area (Å²) in [6.07, 6.45) is 5.49. The molecular formula is C22H30N4OS. The molecule has 28 heavy (non-hydrogen) atoms. The average molecular weight is 399 g/mol. The van der Waals surface area contributed by atoms with E-state index in [1.165, 1.54) is 18.4 Å². The van der Waals surface area contributed by atoms with Crippen LogP contribution in [0.15, 0.2) is 24.4 Å². The van der Waals surface area contributed by atoms with Crippen LogP contribution in [0.5, 0.6) is 5.75 Å². The number of piperidine rings is 1. The Bertz CT molecular complexity index is 834. The maximum Gasteiger partial charge on any atom is 0.168 e. The number of rotatable bonds is 4. The summed E-state index contributed by atoms with van der Waals surface area (Å²) in [5, 5.41) is 3.28. The van der Waals surface area contributed by atoms with Crippen LogP contribution in [0.25, 0.3) is 0 Å². The van der Waals surface area contributed by atoms with Crippen molar-refractivity contribution in [3.8, 4) is 5.75 Å². The summed E-state index contributed by atoms with van der Waals surface area (Å²) in [6, 6.07) is 6.55. The van der Waals surface area contributed by atoms with Gasteiger partial charge in [-0.05, 0) is 76.3 Å². The number of nitrogens with zero attached hydrogens (tertiary/aromatic N) is 3. The molecule has 2 aliphatic rings. The van der Waals surface area contributed by atoms with Gasteiger partial charge in [0.25, 0.3) is 0 Å². The van der Waals surface area contributed by atoms with E-state index in [2.05, 4.69) is 59.2 Å². The second-order valence-corrected chi connectivity index (χ2v) is 9.15. The molecule has 1 fully saturated rings. The molecule has 4 rings (SSSR count). The third-order valence-electron chi connectivity index (χ3n) is 5.85. The van der Waals surface area contributed by atoms with Crippen LogP contribution < -0.4 is 10.1 Å². The molecule has 0 aromatic carbocycles. The zero-order valence-electron chi connectivity index (χ0n) is 17.0. The Balaban J connectivity index is 1.50. The van der Waals surface area contributed by atoms with Crippen molar-refractivity contribution in [2.75, 3.05) is 31.6 Å². The van der Waals surface area contributed by atoms with Crippen LogP contribution in [-0.2, 0) is 11.3 Å². The van der Waals surface area contributed by atoms with Crippen molar-refractivity contribution in [2.45, 2.75) is 44.9 Å². The van der Waals surface area contributed by atoms with Gasteiger partial charge >= 0.3 is 0 Å². The van der Waals surface area contributed by atoms with Gasteiger partial charge in [-0.25, -0.2) is 4.98 Å². The molecule has 0 aliphatic carbocycles. The molecule has 2 aromatic heterocycles. The minimum absolute atomic E-state index is 0.369. The molecule has 150 valence electrons. The van der Waals surface area contributed by atoms with Crippen molar-refractivity contribution in [3.05, 3.63) is 46.9 Å². The number of anilines is 1. The number of aromatic nitrogens is 2. The quantitative estimate of drug-likeness (QED) is 0.764. The summed E-state index contributed by atoms with van der Waals surface area (Å²) in [5.74, 6) is 2.30. The van der Waals surface area contributed by atoms with Crippen LogP contribution in [0.1, 0.15) is 42.3 Å². The summed E-state index contributed by atoms with van der Waals surface area (Å²) >= 11 is 5.09. The van der Waals surface area contributed by atoms with E-state index in [0.29, 0.717) is 12.5 Å². The summed E-state index contributed by atoms with van der Waals surface area (Å²) in [7, 11) is 0. The Morgan fingerprint density at radius 1 is 1.29 bits per heavy atom. The highest BCUT2D eigenvalue weighted by atomic mass is 32.1. The standard InChI is InChI=1S/C22H30N4OS/c1-15-9-18(10-16(2)25-15)11-17-5-4-7-26(14-17)22(3,28)19-12-20-21(24-13-19)23-6-8-27-20/h9-10,12-13,17,28H,4-8,11,14H2,1-3H3,(H,23,24)/t17-,22+/m1/s1. The van der Waals surface area contributed by atoms with Crippen molar-refractivity contribution in [1.82, 2.24) is 14.9 Å². The van der Waals surface area contributed by atoms with Gasteiger partial charge in [0.05, 0.1) is 11.4 Å². The minimum Gasteiger partial charge on any atom is -0.488 e. The lowest BCUT2D eigenvalue weighted by molar-refractivity contribution is 0.112. The zero-order chi connectivity index (χ0) is 19.7. The molecule has 2 atom stereocenters. The Hall–Kier alpha value is -1.79. The zero-order valence-corrected chi connectivity index (χ0v) is 17.9. The highest BCUT2D eigenvalue weighted by molar-refractivity contribution is 7.81. The van der Waals surface area contributed by atoms with Gasteiger partial charge in [0.1, 0.15) is 6.61 Å². The predicted molar refractivity (Wildman–Crippen MR) is 116 cm³/mol. The summed E-state index contributed by atoms with van der Waals surface area (Å²) in [5.41, 5.74) is 4.70. The van der Waals surface area contributed by atoms with Gasteiger partial charge in [-0.15, -0.1) is 0 Å². The first-order valence-electron chi connectivity index (χ1n) is 10.2. The topological polar surface area (TPSA) is 50.3 Å². The maximum absolute atomic E-state index is 5.79. The van der Waals surface area contributed by atoms with Crippen LogP contribution >= 0.6 is 12.6 Å². The number of nitrogens with one attached hydrogen (secondary N) is 1. The van der Waals surface area contributed by atoms with E-state index in [1.54, 1.807) is 0 Å². The molecule has 0 unspecified atom stereocenters. The van der Waals surface area contributed by atoms with E-state index in [0.717, 1.165) is 54.6 Å². The fourth-order valence-corrected chi connectivity index (χ4v) is 4.76. The Morgan fingerprint density at radius 2 is 2.07 bits per heavy atom. The van der Waals surface area contributed by atoms with E-state index in [4.69, 9.17) is 17.4 Å². The van der Waals surface area contributed by atoms with E-state index in [1.807, 2.05) is 6.20 Å². The smallest absolute Gasteiger partial charge is 0.168 e. The molecule has 2 aliphatic heterocycles. The van der Waals surface area contributed by atoms with Gasteiger partial charge in [0.2, 0.25) is 0 Å². The lowest BCUT2D eigenvalue weighted by Crippen LogP contribution is -2.46. The fourth-order valence-electron chi connectivity index (χ4n) is 4.46. The summed E-state index contributed by atoms with van der Waals surface area (Å²) in [4.78, 5) is 11.2. The number of ether oxygens (including phenoxy) is 1. The van der Waals surface area contributed by atoms with Crippen molar-refractivity contribution < 1.29 is 4.74 Å². The van der Waals surface area contributed by atoms with E-state index >= 15 is 0 Å².